The van der Waals surface area contributed by atoms with Gasteiger partial charge in [0.15, 0.2) is 17.4 Å². The number of hydrogen-bond donors (Lipinski definition) is 2. The summed E-state index contributed by atoms with van der Waals surface area (Å²) < 4.78 is 56.6. The highest BCUT2D eigenvalue weighted by Crippen LogP contribution is 2.48. The van der Waals surface area contributed by atoms with E-state index in [1.165, 1.54) is 6.07 Å². The Balaban J connectivity index is 2.16. The molecule has 3 rings (SSSR count). The van der Waals surface area contributed by atoms with E-state index in [1.807, 2.05) is 0 Å². The lowest BCUT2D eigenvalue weighted by Crippen LogP contribution is -2.24. The number of nitrogens with zero attached hydrogens (tertiary/aromatic N) is 1. The quantitative estimate of drug-likeness (QED) is 0.880. The molecule has 9 heteroatoms. The standard InChI is InChI=1S/C13H11F2NO5S/c14-8-4-1-3-7(9(8)15)12-10(17)11(18)13(21-12)16-5-2-6-22(16,19)20/h1,3-4,17-18H,2,5-6H2. The van der Waals surface area contributed by atoms with Crippen molar-refractivity contribution in [1.29, 1.82) is 0 Å². The summed E-state index contributed by atoms with van der Waals surface area (Å²) in [6, 6.07) is 3.21. The first-order valence-corrected chi connectivity index (χ1v) is 7.93. The summed E-state index contributed by atoms with van der Waals surface area (Å²) in [5, 5.41) is 19.7. The molecular weight excluding hydrogens is 320 g/mol. The van der Waals surface area contributed by atoms with E-state index in [9.17, 15) is 27.4 Å². The van der Waals surface area contributed by atoms with Gasteiger partial charge in [-0.15, -0.1) is 0 Å². The average molecular weight is 331 g/mol. The second kappa shape index (κ2) is 4.87. The molecule has 0 unspecified atom stereocenters. The fraction of sp³-hybridized carbons (Fsp3) is 0.231. The molecule has 0 saturated carbocycles. The van der Waals surface area contributed by atoms with Gasteiger partial charge in [-0.3, -0.25) is 0 Å². The number of furan rings is 1. The third-order valence-electron chi connectivity index (χ3n) is 3.36. The van der Waals surface area contributed by atoms with Gasteiger partial charge in [0.25, 0.3) is 5.88 Å². The molecule has 2 N–H and O–H groups in total. The summed E-state index contributed by atoms with van der Waals surface area (Å²) in [5.41, 5.74) is -0.421. The number of hydrogen-bond acceptors (Lipinski definition) is 5. The van der Waals surface area contributed by atoms with Crippen molar-refractivity contribution in [2.24, 2.45) is 0 Å². The Hall–Kier alpha value is -2.29. The van der Waals surface area contributed by atoms with E-state index in [4.69, 9.17) is 4.42 Å². The molecule has 0 atom stereocenters. The van der Waals surface area contributed by atoms with E-state index in [-0.39, 0.29) is 12.3 Å². The van der Waals surface area contributed by atoms with Gasteiger partial charge >= 0.3 is 0 Å². The highest BCUT2D eigenvalue weighted by molar-refractivity contribution is 7.93. The van der Waals surface area contributed by atoms with Crippen molar-refractivity contribution in [2.75, 3.05) is 16.6 Å². The van der Waals surface area contributed by atoms with Gasteiger partial charge < -0.3 is 14.6 Å². The Kier molecular flexibility index (Phi) is 3.24. The van der Waals surface area contributed by atoms with Crippen LogP contribution in [0.1, 0.15) is 6.42 Å². The zero-order valence-corrected chi connectivity index (χ0v) is 11.9. The van der Waals surface area contributed by atoms with Crippen LogP contribution in [-0.4, -0.2) is 30.9 Å². The van der Waals surface area contributed by atoms with E-state index in [2.05, 4.69) is 0 Å². The molecule has 2 aromatic rings. The maximum atomic E-state index is 13.8. The van der Waals surface area contributed by atoms with Crippen LogP contribution in [0, 0.1) is 11.6 Å². The molecule has 0 bridgehead atoms. The minimum absolute atomic E-state index is 0.0634. The van der Waals surface area contributed by atoms with Crippen molar-refractivity contribution in [3.63, 3.8) is 0 Å². The van der Waals surface area contributed by atoms with Crippen LogP contribution < -0.4 is 4.31 Å². The first kappa shape index (κ1) is 14.6. The van der Waals surface area contributed by atoms with Gasteiger partial charge in [0.2, 0.25) is 21.5 Å². The fourth-order valence-corrected chi connectivity index (χ4v) is 3.80. The molecule has 0 radical (unpaired) electrons. The van der Waals surface area contributed by atoms with Gasteiger partial charge in [0.05, 0.1) is 11.3 Å². The molecule has 2 heterocycles. The molecule has 1 fully saturated rings. The normalized spacial score (nSPS) is 17.1. The molecule has 22 heavy (non-hydrogen) atoms. The monoisotopic (exact) mass is 331 g/mol. The Bertz CT molecular complexity index is 846. The van der Waals surface area contributed by atoms with Crippen LogP contribution in [0.25, 0.3) is 11.3 Å². The molecule has 0 spiro atoms. The Morgan fingerprint density at radius 1 is 1.18 bits per heavy atom. The predicted molar refractivity (Wildman–Crippen MR) is 73.1 cm³/mol. The van der Waals surface area contributed by atoms with Crippen molar-refractivity contribution in [1.82, 2.24) is 0 Å². The van der Waals surface area contributed by atoms with Crippen molar-refractivity contribution in [3.05, 3.63) is 29.8 Å². The van der Waals surface area contributed by atoms with Crippen molar-refractivity contribution >= 4 is 15.9 Å². The molecule has 1 saturated heterocycles. The van der Waals surface area contributed by atoms with Crippen LogP contribution >= 0.6 is 0 Å². The number of rotatable bonds is 2. The van der Waals surface area contributed by atoms with Crippen LogP contribution in [0.3, 0.4) is 0 Å². The summed E-state index contributed by atoms with van der Waals surface area (Å²) in [7, 11) is -3.67. The molecule has 6 nitrogen and oxygen atoms in total. The van der Waals surface area contributed by atoms with Crippen LogP contribution in [0.15, 0.2) is 22.6 Å². The lowest BCUT2D eigenvalue weighted by Gasteiger charge is -2.12. The van der Waals surface area contributed by atoms with Gasteiger partial charge in [0.1, 0.15) is 0 Å². The highest BCUT2D eigenvalue weighted by atomic mass is 32.2. The lowest BCUT2D eigenvalue weighted by atomic mass is 10.1. The number of halogens is 2. The molecule has 1 aliphatic rings. The summed E-state index contributed by atoms with van der Waals surface area (Å²) in [5.74, 6) is -5.28. The average Bonchev–Trinajstić information content (AvgIpc) is 2.95. The van der Waals surface area contributed by atoms with Crippen LogP contribution in [0.5, 0.6) is 11.5 Å². The van der Waals surface area contributed by atoms with Gasteiger partial charge in [0, 0.05) is 6.54 Å². The second-order valence-electron chi connectivity index (χ2n) is 4.78. The van der Waals surface area contributed by atoms with E-state index in [0.717, 1.165) is 16.4 Å². The van der Waals surface area contributed by atoms with Crippen LogP contribution in [0.4, 0.5) is 14.7 Å². The molecule has 118 valence electrons. The first-order chi connectivity index (χ1) is 10.3. The SMILES string of the molecule is O=S1(=O)CCCN1c1oc(-c2cccc(F)c2F)c(O)c1O. The van der Waals surface area contributed by atoms with Gasteiger partial charge in [-0.05, 0) is 18.6 Å². The van der Waals surface area contributed by atoms with Crippen molar-refractivity contribution < 1.29 is 31.8 Å². The van der Waals surface area contributed by atoms with Crippen molar-refractivity contribution in [2.45, 2.75) is 6.42 Å². The Labute approximate surface area is 124 Å². The summed E-state index contributed by atoms with van der Waals surface area (Å²) >= 11 is 0. The number of sulfonamides is 1. The lowest BCUT2D eigenvalue weighted by molar-refractivity contribution is 0.409. The predicted octanol–water partition coefficient (Wildman–Crippen LogP) is 2.18. The Morgan fingerprint density at radius 2 is 1.91 bits per heavy atom. The maximum Gasteiger partial charge on any atom is 0.256 e. The largest absolute Gasteiger partial charge is 0.502 e. The third kappa shape index (κ3) is 2.08. The fourth-order valence-electron chi connectivity index (χ4n) is 2.30. The summed E-state index contributed by atoms with van der Waals surface area (Å²) in [6.45, 7) is 0.0634. The minimum Gasteiger partial charge on any atom is -0.502 e. The molecule has 0 amide bonds. The van der Waals surface area contributed by atoms with Crippen molar-refractivity contribution in [3.8, 4) is 22.8 Å². The van der Waals surface area contributed by atoms with Gasteiger partial charge in [-0.1, -0.05) is 6.07 Å². The first-order valence-electron chi connectivity index (χ1n) is 6.32. The second-order valence-corrected chi connectivity index (χ2v) is 6.79. The maximum absolute atomic E-state index is 13.8. The van der Waals surface area contributed by atoms with Crippen LogP contribution in [0.2, 0.25) is 0 Å². The number of anilines is 1. The topological polar surface area (TPSA) is 91.0 Å². The van der Waals surface area contributed by atoms with Gasteiger partial charge in [-0.2, -0.15) is 0 Å². The molecule has 1 aromatic heterocycles. The molecule has 1 aliphatic heterocycles. The van der Waals surface area contributed by atoms with Gasteiger partial charge in [-0.25, -0.2) is 21.5 Å². The van der Waals surface area contributed by atoms with E-state index in [0.29, 0.717) is 6.42 Å². The van der Waals surface area contributed by atoms with E-state index < -0.39 is 50.4 Å². The minimum atomic E-state index is -3.67. The summed E-state index contributed by atoms with van der Waals surface area (Å²) in [4.78, 5) is 0. The van der Waals surface area contributed by atoms with E-state index in [1.54, 1.807) is 0 Å². The number of benzene rings is 1. The molecule has 1 aromatic carbocycles. The zero-order valence-electron chi connectivity index (χ0n) is 11.1. The third-order valence-corrected chi connectivity index (χ3v) is 5.19. The van der Waals surface area contributed by atoms with E-state index >= 15 is 0 Å². The highest BCUT2D eigenvalue weighted by Gasteiger charge is 2.36. The number of aromatic hydroxyl groups is 2. The Morgan fingerprint density at radius 3 is 2.55 bits per heavy atom. The summed E-state index contributed by atoms with van der Waals surface area (Å²) in [6.07, 6.45) is 0.326. The van der Waals surface area contributed by atoms with Crippen LogP contribution in [-0.2, 0) is 10.0 Å². The smallest absolute Gasteiger partial charge is 0.256 e. The zero-order chi connectivity index (χ0) is 16.1. The molecular formula is C13H11F2NO5S. The molecule has 0 aliphatic carbocycles.